The predicted octanol–water partition coefficient (Wildman–Crippen LogP) is 0.0154. The number of H-pyrrole nitrogens is 1. The summed E-state index contributed by atoms with van der Waals surface area (Å²) in [7, 11) is -3.52. The zero-order valence-electron chi connectivity index (χ0n) is 9.86. The molecule has 17 heavy (non-hydrogen) atoms. The molecule has 2 rings (SSSR count). The van der Waals surface area contributed by atoms with Crippen LogP contribution in [0.2, 0.25) is 0 Å². The fraction of sp³-hybridized carbons (Fsp3) is 0.667. The summed E-state index contributed by atoms with van der Waals surface area (Å²) < 4.78 is 33.0. The SMILES string of the molecule is Cc1[nH]nc(NS(=O)(=O)N2CCOCC2)c1C. The summed E-state index contributed by atoms with van der Waals surface area (Å²) in [5, 5.41) is 6.66. The Morgan fingerprint density at radius 2 is 2.00 bits per heavy atom. The lowest BCUT2D eigenvalue weighted by Gasteiger charge is -2.25. The van der Waals surface area contributed by atoms with Gasteiger partial charge in [-0.3, -0.25) is 9.82 Å². The van der Waals surface area contributed by atoms with Gasteiger partial charge in [0.2, 0.25) is 0 Å². The molecule has 2 heterocycles. The number of ether oxygens (including phenoxy) is 1. The molecule has 0 radical (unpaired) electrons. The highest BCUT2D eigenvalue weighted by Gasteiger charge is 2.25. The first kappa shape index (κ1) is 12.3. The molecule has 0 aliphatic carbocycles. The molecule has 0 atom stereocenters. The molecule has 1 saturated heterocycles. The van der Waals surface area contributed by atoms with Gasteiger partial charge in [0, 0.05) is 24.3 Å². The average Bonchev–Trinajstić information content (AvgIpc) is 2.62. The van der Waals surface area contributed by atoms with Crippen molar-refractivity contribution in [3.63, 3.8) is 0 Å². The number of nitrogens with zero attached hydrogens (tertiary/aromatic N) is 2. The number of hydrogen-bond acceptors (Lipinski definition) is 4. The summed E-state index contributed by atoms with van der Waals surface area (Å²) in [5.41, 5.74) is 1.66. The molecule has 1 aliphatic rings. The molecule has 0 bridgehead atoms. The second kappa shape index (κ2) is 4.63. The average molecular weight is 260 g/mol. The molecule has 2 N–H and O–H groups in total. The van der Waals surface area contributed by atoms with Crippen molar-refractivity contribution in [3.8, 4) is 0 Å². The number of nitrogens with one attached hydrogen (secondary N) is 2. The van der Waals surface area contributed by atoms with E-state index in [-0.39, 0.29) is 0 Å². The van der Waals surface area contributed by atoms with E-state index in [0.717, 1.165) is 11.3 Å². The Kier molecular flexibility index (Phi) is 3.36. The predicted molar refractivity (Wildman–Crippen MR) is 63.0 cm³/mol. The zero-order chi connectivity index (χ0) is 12.5. The number of aromatic amines is 1. The van der Waals surface area contributed by atoms with Crippen LogP contribution in [0.4, 0.5) is 5.82 Å². The number of aryl methyl sites for hydroxylation is 1. The Morgan fingerprint density at radius 3 is 2.53 bits per heavy atom. The number of rotatable bonds is 3. The molecule has 1 aromatic rings. The molecule has 0 amide bonds. The highest BCUT2D eigenvalue weighted by molar-refractivity contribution is 7.90. The normalized spacial score (nSPS) is 18.2. The maximum atomic E-state index is 12.0. The van der Waals surface area contributed by atoms with Gasteiger partial charge in [0.25, 0.3) is 0 Å². The van der Waals surface area contributed by atoms with E-state index >= 15 is 0 Å². The molecule has 96 valence electrons. The van der Waals surface area contributed by atoms with Gasteiger partial charge in [-0.25, -0.2) is 0 Å². The number of hydrogen-bond donors (Lipinski definition) is 2. The lowest BCUT2D eigenvalue weighted by Crippen LogP contribution is -2.43. The largest absolute Gasteiger partial charge is 0.379 e. The molecule has 0 saturated carbocycles. The third kappa shape index (κ3) is 2.59. The summed E-state index contributed by atoms with van der Waals surface area (Å²) in [4.78, 5) is 0. The van der Waals surface area contributed by atoms with Crippen molar-refractivity contribution in [2.45, 2.75) is 13.8 Å². The Morgan fingerprint density at radius 1 is 1.35 bits per heavy atom. The van der Waals surface area contributed by atoms with Crippen LogP contribution < -0.4 is 4.72 Å². The number of anilines is 1. The van der Waals surface area contributed by atoms with E-state index in [4.69, 9.17) is 4.74 Å². The van der Waals surface area contributed by atoms with Crippen LogP contribution in [0, 0.1) is 13.8 Å². The highest BCUT2D eigenvalue weighted by atomic mass is 32.2. The zero-order valence-corrected chi connectivity index (χ0v) is 10.7. The molecular weight excluding hydrogens is 244 g/mol. The van der Waals surface area contributed by atoms with Crippen LogP contribution in [0.25, 0.3) is 0 Å². The summed E-state index contributed by atoms with van der Waals surface area (Å²) in [6.07, 6.45) is 0. The van der Waals surface area contributed by atoms with Crippen LogP contribution in [-0.2, 0) is 14.9 Å². The third-order valence-electron chi connectivity index (χ3n) is 2.79. The fourth-order valence-electron chi connectivity index (χ4n) is 1.56. The number of morpholine rings is 1. The van der Waals surface area contributed by atoms with Gasteiger partial charge in [0.15, 0.2) is 5.82 Å². The van der Waals surface area contributed by atoms with Crippen molar-refractivity contribution in [2.75, 3.05) is 31.0 Å². The van der Waals surface area contributed by atoms with Crippen LogP contribution >= 0.6 is 0 Å². The number of aromatic nitrogens is 2. The van der Waals surface area contributed by atoms with Crippen molar-refractivity contribution in [1.82, 2.24) is 14.5 Å². The van der Waals surface area contributed by atoms with Gasteiger partial charge >= 0.3 is 10.2 Å². The van der Waals surface area contributed by atoms with Gasteiger partial charge in [-0.05, 0) is 13.8 Å². The molecule has 0 unspecified atom stereocenters. The van der Waals surface area contributed by atoms with Crippen molar-refractivity contribution in [2.24, 2.45) is 0 Å². The lowest BCUT2D eigenvalue weighted by atomic mass is 10.3. The Hall–Kier alpha value is -1.12. The van der Waals surface area contributed by atoms with Gasteiger partial charge in [-0.2, -0.15) is 17.8 Å². The topological polar surface area (TPSA) is 87.3 Å². The van der Waals surface area contributed by atoms with E-state index in [1.165, 1.54) is 4.31 Å². The second-order valence-corrected chi connectivity index (χ2v) is 5.61. The smallest absolute Gasteiger partial charge is 0.303 e. The van der Waals surface area contributed by atoms with Crippen LogP contribution in [0.15, 0.2) is 0 Å². The van der Waals surface area contributed by atoms with Crippen molar-refractivity contribution < 1.29 is 13.2 Å². The lowest BCUT2D eigenvalue weighted by molar-refractivity contribution is 0.0733. The monoisotopic (exact) mass is 260 g/mol. The van der Waals surface area contributed by atoms with Gasteiger partial charge in [-0.15, -0.1) is 0 Å². The van der Waals surface area contributed by atoms with Gasteiger partial charge in [-0.1, -0.05) is 0 Å². The molecule has 1 aliphatic heterocycles. The first-order chi connectivity index (χ1) is 8.00. The van der Waals surface area contributed by atoms with E-state index in [1.54, 1.807) is 0 Å². The van der Waals surface area contributed by atoms with E-state index in [9.17, 15) is 8.42 Å². The maximum absolute atomic E-state index is 12.0. The summed E-state index contributed by atoms with van der Waals surface area (Å²) in [5.74, 6) is 0.356. The van der Waals surface area contributed by atoms with Crippen molar-refractivity contribution in [3.05, 3.63) is 11.3 Å². The van der Waals surface area contributed by atoms with Crippen LogP contribution in [0.3, 0.4) is 0 Å². The quantitative estimate of drug-likeness (QED) is 0.801. The fourth-order valence-corrected chi connectivity index (χ4v) is 2.76. The Balaban J connectivity index is 2.14. The van der Waals surface area contributed by atoms with E-state index in [1.807, 2.05) is 13.8 Å². The molecular formula is C9H16N4O3S. The molecule has 0 aromatic carbocycles. The van der Waals surface area contributed by atoms with Gasteiger partial charge in [0.05, 0.1) is 13.2 Å². The minimum absolute atomic E-state index is 0.356. The molecule has 8 heteroatoms. The highest BCUT2D eigenvalue weighted by Crippen LogP contribution is 2.17. The second-order valence-electron chi connectivity index (χ2n) is 3.94. The minimum Gasteiger partial charge on any atom is -0.379 e. The van der Waals surface area contributed by atoms with Crippen LogP contribution in [0.5, 0.6) is 0 Å². The summed E-state index contributed by atoms with van der Waals surface area (Å²) in [6, 6.07) is 0. The Bertz CT molecular complexity index is 490. The molecule has 7 nitrogen and oxygen atoms in total. The molecule has 1 aromatic heterocycles. The summed E-state index contributed by atoms with van der Waals surface area (Å²) in [6.45, 7) is 5.26. The first-order valence-corrected chi connectivity index (χ1v) is 6.82. The van der Waals surface area contributed by atoms with Crippen molar-refractivity contribution >= 4 is 16.0 Å². The van der Waals surface area contributed by atoms with E-state index in [0.29, 0.717) is 32.1 Å². The summed E-state index contributed by atoms with van der Waals surface area (Å²) >= 11 is 0. The van der Waals surface area contributed by atoms with Gasteiger partial charge < -0.3 is 4.74 Å². The maximum Gasteiger partial charge on any atom is 0.303 e. The van der Waals surface area contributed by atoms with E-state index < -0.39 is 10.2 Å². The Labute approximate surface area is 100 Å². The molecule has 0 spiro atoms. The minimum atomic E-state index is -3.52. The first-order valence-electron chi connectivity index (χ1n) is 5.38. The van der Waals surface area contributed by atoms with Crippen LogP contribution in [-0.4, -0.2) is 49.2 Å². The van der Waals surface area contributed by atoms with Gasteiger partial charge in [0.1, 0.15) is 0 Å². The van der Waals surface area contributed by atoms with E-state index in [2.05, 4.69) is 14.9 Å². The van der Waals surface area contributed by atoms with Crippen LogP contribution in [0.1, 0.15) is 11.3 Å². The third-order valence-corrected chi connectivity index (χ3v) is 4.29. The molecule has 1 fully saturated rings. The standard InChI is InChI=1S/C9H16N4O3S/c1-7-8(2)10-11-9(7)12-17(14,15)13-3-5-16-6-4-13/h3-6H2,1-2H3,(H2,10,11,12). The van der Waals surface area contributed by atoms with Crippen molar-refractivity contribution in [1.29, 1.82) is 0 Å².